The third-order valence-corrected chi connectivity index (χ3v) is 5.43. The van der Waals surface area contributed by atoms with E-state index in [1.54, 1.807) is 0 Å². The van der Waals surface area contributed by atoms with Gasteiger partial charge >= 0.3 is 0 Å². The Bertz CT molecular complexity index is 916. The molecule has 6 nitrogen and oxygen atoms in total. The molecule has 0 atom stereocenters. The minimum absolute atomic E-state index is 0.116. The third-order valence-electron chi connectivity index (χ3n) is 3.36. The van der Waals surface area contributed by atoms with Crippen LogP contribution >= 0.6 is 11.6 Å². The number of hydrogen-bond acceptors (Lipinski definition) is 4. The zero-order valence-electron chi connectivity index (χ0n) is 13.7. The molecule has 2 aromatic rings. The summed E-state index contributed by atoms with van der Waals surface area (Å²) in [6.07, 6.45) is 0. The van der Waals surface area contributed by atoms with Crippen LogP contribution in [0.5, 0.6) is 5.75 Å². The maximum absolute atomic E-state index is 13.8. The molecule has 2 aromatic carbocycles. The van der Waals surface area contributed by atoms with E-state index in [4.69, 9.17) is 16.3 Å². The Hall–Kier alpha value is -2.16. The molecule has 0 saturated heterocycles. The van der Waals surface area contributed by atoms with Crippen LogP contribution in [0.3, 0.4) is 0 Å². The second-order valence-corrected chi connectivity index (χ2v) is 7.79. The molecule has 0 aromatic heterocycles. The maximum Gasteiger partial charge on any atom is 0.258 e. The first-order valence-corrected chi connectivity index (χ1v) is 8.85. The standard InChI is InChI=1S/C16H16ClFN2O4S/c1-20(2)25(22,23)15-9-11(5-7-14(15)24-3)19-16(21)12-6-4-10(17)8-13(12)18/h4-9H,1-3H3,(H,19,21). The van der Waals surface area contributed by atoms with Crippen LogP contribution < -0.4 is 10.1 Å². The van der Waals surface area contributed by atoms with Crippen LogP contribution in [0.25, 0.3) is 0 Å². The van der Waals surface area contributed by atoms with Crippen molar-refractivity contribution in [2.75, 3.05) is 26.5 Å². The van der Waals surface area contributed by atoms with Gasteiger partial charge in [-0.2, -0.15) is 0 Å². The van der Waals surface area contributed by atoms with Crippen molar-refractivity contribution in [1.29, 1.82) is 0 Å². The number of ether oxygens (including phenoxy) is 1. The summed E-state index contributed by atoms with van der Waals surface area (Å²) in [7, 11) is 0.304. The number of methoxy groups -OCH3 is 1. The van der Waals surface area contributed by atoms with Gasteiger partial charge in [-0.25, -0.2) is 17.1 Å². The van der Waals surface area contributed by atoms with Gasteiger partial charge in [-0.1, -0.05) is 11.6 Å². The van der Waals surface area contributed by atoms with Crippen LogP contribution in [0.2, 0.25) is 5.02 Å². The first-order valence-electron chi connectivity index (χ1n) is 7.03. The zero-order valence-corrected chi connectivity index (χ0v) is 15.3. The zero-order chi connectivity index (χ0) is 18.8. The summed E-state index contributed by atoms with van der Waals surface area (Å²) in [5.41, 5.74) is -0.0298. The fourth-order valence-corrected chi connectivity index (χ4v) is 3.26. The number of sulfonamides is 1. The molecule has 0 aliphatic carbocycles. The Morgan fingerprint density at radius 1 is 1.20 bits per heavy atom. The molecular weight excluding hydrogens is 371 g/mol. The second-order valence-electron chi connectivity index (χ2n) is 5.23. The van der Waals surface area contributed by atoms with Crippen LogP contribution in [-0.2, 0) is 10.0 Å². The van der Waals surface area contributed by atoms with Crippen molar-refractivity contribution < 1.29 is 22.3 Å². The highest BCUT2D eigenvalue weighted by Gasteiger charge is 2.23. The SMILES string of the molecule is COc1ccc(NC(=O)c2ccc(Cl)cc2F)cc1S(=O)(=O)N(C)C. The molecule has 0 saturated carbocycles. The molecule has 0 bridgehead atoms. The lowest BCUT2D eigenvalue weighted by Crippen LogP contribution is -2.23. The van der Waals surface area contributed by atoms with Crippen LogP contribution in [0.15, 0.2) is 41.3 Å². The molecule has 9 heteroatoms. The van der Waals surface area contributed by atoms with E-state index in [1.165, 1.54) is 51.5 Å². The summed E-state index contributed by atoms with van der Waals surface area (Å²) in [4.78, 5) is 12.1. The van der Waals surface area contributed by atoms with Crippen LogP contribution in [-0.4, -0.2) is 39.8 Å². The second kappa shape index (κ2) is 7.38. The van der Waals surface area contributed by atoms with Gasteiger partial charge in [-0.15, -0.1) is 0 Å². The molecule has 25 heavy (non-hydrogen) atoms. The van der Waals surface area contributed by atoms with Gasteiger partial charge in [0.15, 0.2) is 0 Å². The van der Waals surface area contributed by atoms with E-state index < -0.39 is 21.7 Å². The molecule has 0 spiro atoms. The molecule has 0 unspecified atom stereocenters. The van der Waals surface area contributed by atoms with E-state index in [2.05, 4.69) is 5.32 Å². The molecule has 0 aliphatic rings. The number of hydrogen-bond donors (Lipinski definition) is 1. The molecule has 0 fully saturated rings. The molecule has 0 aliphatic heterocycles. The third kappa shape index (κ3) is 4.09. The number of anilines is 1. The number of rotatable bonds is 5. The predicted molar refractivity (Wildman–Crippen MR) is 93.2 cm³/mol. The smallest absolute Gasteiger partial charge is 0.258 e. The Kier molecular flexibility index (Phi) is 5.66. The average Bonchev–Trinajstić information content (AvgIpc) is 2.54. The Balaban J connectivity index is 2.39. The van der Waals surface area contributed by atoms with E-state index in [-0.39, 0.29) is 26.9 Å². The van der Waals surface area contributed by atoms with Gasteiger partial charge in [0.1, 0.15) is 16.5 Å². The average molecular weight is 387 g/mol. The van der Waals surface area contributed by atoms with E-state index >= 15 is 0 Å². The number of carbonyl (C=O) groups is 1. The molecular formula is C16H16ClFN2O4S. The molecule has 0 heterocycles. The van der Waals surface area contributed by atoms with Gasteiger partial charge in [0.25, 0.3) is 5.91 Å². The van der Waals surface area contributed by atoms with E-state index in [0.29, 0.717) is 0 Å². The first kappa shape index (κ1) is 19.2. The minimum Gasteiger partial charge on any atom is -0.495 e. The summed E-state index contributed by atoms with van der Waals surface area (Å²) in [5.74, 6) is -1.38. The van der Waals surface area contributed by atoms with Crippen molar-refractivity contribution in [3.8, 4) is 5.75 Å². The van der Waals surface area contributed by atoms with Gasteiger partial charge in [0.2, 0.25) is 10.0 Å². The van der Waals surface area contributed by atoms with Crippen LogP contribution in [0.1, 0.15) is 10.4 Å². The van der Waals surface area contributed by atoms with Gasteiger partial charge < -0.3 is 10.1 Å². The van der Waals surface area contributed by atoms with Crippen molar-refractivity contribution in [1.82, 2.24) is 4.31 Å². The summed E-state index contributed by atoms with van der Waals surface area (Å²) < 4.78 is 44.7. The van der Waals surface area contributed by atoms with Gasteiger partial charge in [0.05, 0.1) is 12.7 Å². The number of halogens is 2. The highest BCUT2D eigenvalue weighted by atomic mass is 35.5. The van der Waals surface area contributed by atoms with Crippen molar-refractivity contribution in [3.63, 3.8) is 0 Å². The number of benzene rings is 2. The van der Waals surface area contributed by atoms with Crippen molar-refractivity contribution >= 4 is 33.2 Å². The fourth-order valence-electron chi connectivity index (χ4n) is 2.02. The molecule has 1 N–H and O–H groups in total. The lowest BCUT2D eigenvalue weighted by molar-refractivity contribution is 0.102. The highest BCUT2D eigenvalue weighted by Crippen LogP contribution is 2.29. The van der Waals surface area contributed by atoms with Gasteiger partial charge in [-0.05, 0) is 36.4 Å². The topological polar surface area (TPSA) is 75.7 Å². The minimum atomic E-state index is -3.79. The fraction of sp³-hybridized carbons (Fsp3) is 0.188. The molecule has 134 valence electrons. The maximum atomic E-state index is 13.8. The number of amides is 1. The summed E-state index contributed by atoms with van der Waals surface area (Å²) in [6.45, 7) is 0. The highest BCUT2D eigenvalue weighted by molar-refractivity contribution is 7.89. The van der Waals surface area contributed by atoms with E-state index in [9.17, 15) is 17.6 Å². The van der Waals surface area contributed by atoms with Gasteiger partial charge in [0, 0.05) is 24.8 Å². The quantitative estimate of drug-likeness (QED) is 0.857. The Morgan fingerprint density at radius 3 is 2.44 bits per heavy atom. The van der Waals surface area contributed by atoms with E-state index in [0.717, 1.165) is 10.4 Å². The Labute approximate surface area is 150 Å². The normalized spacial score (nSPS) is 11.4. The predicted octanol–water partition coefficient (Wildman–Crippen LogP) is 2.99. The van der Waals surface area contributed by atoms with Crippen molar-refractivity contribution in [2.24, 2.45) is 0 Å². The Morgan fingerprint density at radius 2 is 1.88 bits per heavy atom. The monoisotopic (exact) mass is 386 g/mol. The summed E-state index contributed by atoms with van der Waals surface area (Å²) >= 11 is 5.66. The summed E-state index contributed by atoms with van der Waals surface area (Å²) in [6, 6.07) is 7.76. The van der Waals surface area contributed by atoms with Crippen LogP contribution in [0, 0.1) is 5.82 Å². The van der Waals surface area contributed by atoms with E-state index in [1.807, 2.05) is 0 Å². The van der Waals surface area contributed by atoms with Crippen molar-refractivity contribution in [2.45, 2.75) is 4.90 Å². The lowest BCUT2D eigenvalue weighted by atomic mass is 10.2. The van der Waals surface area contributed by atoms with Gasteiger partial charge in [-0.3, -0.25) is 4.79 Å². The molecule has 0 radical (unpaired) electrons. The molecule has 1 amide bonds. The molecule has 2 rings (SSSR count). The number of nitrogens with zero attached hydrogens (tertiary/aromatic N) is 1. The number of carbonyl (C=O) groups excluding carboxylic acids is 1. The largest absolute Gasteiger partial charge is 0.495 e. The first-order chi connectivity index (χ1) is 11.7. The lowest BCUT2D eigenvalue weighted by Gasteiger charge is -2.16. The van der Waals surface area contributed by atoms with Crippen molar-refractivity contribution in [3.05, 3.63) is 52.8 Å². The summed E-state index contributed by atoms with van der Waals surface area (Å²) in [5, 5.41) is 2.63. The number of nitrogens with one attached hydrogen (secondary N) is 1. The van der Waals surface area contributed by atoms with Crippen LogP contribution in [0.4, 0.5) is 10.1 Å².